The Morgan fingerprint density at radius 3 is 2.60 bits per heavy atom. The molecule has 0 atom stereocenters. The Kier molecular flexibility index (Phi) is 6.93. The number of carbonyl (C=O) groups excluding carboxylic acids is 1. The molecule has 0 spiro atoms. The molecule has 7 heteroatoms. The summed E-state index contributed by atoms with van der Waals surface area (Å²) in [7, 11) is 1.57. The van der Waals surface area contributed by atoms with Gasteiger partial charge in [-0.1, -0.05) is 23.7 Å². The SMILES string of the molecule is COc1ccccc1OCCNC(=O)COc1ccc(C#N)cc1Cl. The first kappa shape index (κ1) is 18.4. The highest BCUT2D eigenvalue weighted by Gasteiger charge is 2.07. The van der Waals surface area contributed by atoms with Gasteiger partial charge in [0, 0.05) is 0 Å². The molecular formula is C18H17ClN2O4. The van der Waals surface area contributed by atoms with Crippen molar-refractivity contribution in [3.8, 4) is 23.3 Å². The fraction of sp³-hybridized carbons (Fsp3) is 0.222. The summed E-state index contributed by atoms with van der Waals surface area (Å²) >= 11 is 5.98. The third-order valence-electron chi connectivity index (χ3n) is 3.17. The van der Waals surface area contributed by atoms with Gasteiger partial charge in [-0.25, -0.2) is 0 Å². The van der Waals surface area contributed by atoms with Crippen LogP contribution in [0.4, 0.5) is 0 Å². The average Bonchev–Trinajstić information content (AvgIpc) is 2.64. The smallest absolute Gasteiger partial charge is 0.258 e. The van der Waals surface area contributed by atoms with E-state index in [1.807, 2.05) is 18.2 Å². The van der Waals surface area contributed by atoms with E-state index in [2.05, 4.69) is 5.32 Å². The van der Waals surface area contributed by atoms with Crippen molar-refractivity contribution >= 4 is 17.5 Å². The first-order valence-corrected chi connectivity index (χ1v) is 7.87. The molecule has 0 aromatic heterocycles. The molecule has 0 saturated heterocycles. The van der Waals surface area contributed by atoms with Gasteiger partial charge in [-0.3, -0.25) is 4.79 Å². The Morgan fingerprint density at radius 1 is 1.16 bits per heavy atom. The molecular weight excluding hydrogens is 344 g/mol. The second-order valence-electron chi connectivity index (χ2n) is 4.89. The molecule has 2 aromatic carbocycles. The normalized spacial score (nSPS) is 9.80. The minimum absolute atomic E-state index is 0.180. The molecule has 0 heterocycles. The third kappa shape index (κ3) is 5.59. The lowest BCUT2D eigenvalue weighted by molar-refractivity contribution is -0.123. The molecule has 0 saturated carbocycles. The van der Waals surface area contributed by atoms with Crippen molar-refractivity contribution in [2.45, 2.75) is 0 Å². The molecule has 0 bridgehead atoms. The van der Waals surface area contributed by atoms with Gasteiger partial charge in [0.25, 0.3) is 5.91 Å². The van der Waals surface area contributed by atoms with Gasteiger partial charge in [-0.15, -0.1) is 0 Å². The van der Waals surface area contributed by atoms with Crippen LogP contribution >= 0.6 is 11.6 Å². The first-order valence-electron chi connectivity index (χ1n) is 7.49. The number of nitrogens with one attached hydrogen (secondary N) is 1. The van der Waals surface area contributed by atoms with Crippen LogP contribution in [0.5, 0.6) is 17.2 Å². The van der Waals surface area contributed by atoms with E-state index in [4.69, 9.17) is 31.1 Å². The fourth-order valence-electron chi connectivity index (χ4n) is 1.97. The summed E-state index contributed by atoms with van der Waals surface area (Å²) in [6.07, 6.45) is 0. The van der Waals surface area contributed by atoms with Crippen molar-refractivity contribution in [1.82, 2.24) is 5.32 Å². The first-order chi connectivity index (χ1) is 12.1. The van der Waals surface area contributed by atoms with E-state index in [1.54, 1.807) is 31.4 Å². The summed E-state index contributed by atoms with van der Waals surface area (Å²) in [5.41, 5.74) is 0.426. The second kappa shape index (κ2) is 9.40. The number of rotatable bonds is 8. The van der Waals surface area contributed by atoms with Crippen LogP contribution in [-0.4, -0.2) is 32.8 Å². The highest BCUT2D eigenvalue weighted by molar-refractivity contribution is 6.32. The van der Waals surface area contributed by atoms with E-state index >= 15 is 0 Å². The summed E-state index contributed by atoms with van der Waals surface area (Å²) in [4.78, 5) is 11.8. The lowest BCUT2D eigenvalue weighted by atomic mass is 10.2. The number of benzene rings is 2. The largest absolute Gasteiger partial charge is 0.493 e. The molecule has 0 fully saturated rings. The molecule has 2 aromatic rings. The lowest BCUT2D eigenvalue weighted by Crippen LogP contribution is -2.32. The van der Waals surface area contributed by atoms with Crippen LogP contribution in [0.3, 0.4) is 0 Å². The van der Waals surface area contributed by atoms with E-state index in [0.717, 1.165) is 0 Å². The highest BCUT2D eigenvalue weighted by Crippen LogP contribution is 2.26. The van der Waals surface area contributed by atoms with Gasteiger partial charge in [0.05, 0.1) is 30.3 Å². The number of para-hydroxylation sites is 2. The van der Waals surface area contributed by atoms with E-state index < -0.39 is 0 Å². The van der Waals surface area contributed by atoms with Crippen LogP contribution in [0.2, 0.25) is 5.02 Å². The van der Waals surface area contributed by atoms with Gasteiger partial charge in [0.1, 0.15) is 12.4 Å². The molecule has 1 N–H and O–H groups in total. The number of halogens is 1. The molecule has 2 rings (SSSR count). The van der Waals surface area contributed by atoms with Crippen molar-refractivity contribution in [2.24, 2.45) is 0 Å². The summed E-state index contributed by atoms with van der Waals surface area (Å²) in [6, 6.07) is 13.8. The maximum atomic E-state index is 11.8. The monoisotopic (exact) mass is 360 g/mol. The molecule has 0 aliphatic carbocycles. The van der Waals surface area contributed by atoms with Crippen LogP contribution < -0.4 is 19.5 Å². The molecule has 0 aliphatic heterocycles. The van der Waals surface area contributed by atoms with Crippen LogP contribution in [0.1, 0.15) is 5.56 Å². The standard InChI is InChI=1S/C18H17ClN2O4/c1-23-16-4-2-3-5-17(16)24-9-8-21-18(22)12-25-15-7-6-13(11-20)10-14(15)19/h2-7,10H,8-9,12H2,1H3,(H,21,22). The number of nitrogens with zero attached hydrogens (tertiary/aromatic N) is 1. The number of amides is 1. The number of methoxy groups -OCH3 is 1. The number of carbonyl (C=O) groups is 1. The maximum absolute atomic E-state index is 11.8. The Hall–Kier alpha value is -2.91. The molecule has 25 heavy (non-hydrogen) atoms. The maximum Gasteiger partial charge on any atom is 0.258 e. The highest BCUT2D eigenvalue weighted by atomic mass is 35.5. The van der Waals surface area contributed by atoms with Crippen LogP contribution in [0.15, 0.2) is 42.5 Å². The van der Waals surface area contributed by atoms with Gasteiger partial charge < -0.3 is 19.5 Å². The number of ether oxygens (including phenoxy) is 3. The van der Waals surface area contributed by atoms with Gasteiger partial charge >= 0.3 is 0 Å². The van der Waals surface area contributed by atoms with E-state index in [9.17, 15) is 4.79 Å². The Balaban J connectivity index is 1.72. The van der Waals surface area contributed by atoms with E-state index in [0.29, 0.717) is 36.0 Å². The zero-order chi connectivity index (χ0) is 18.1. The summed E-state index contributed by atoms with van der Waals surface area (Å²) in [5.74, 6) is 1.29. The van der Waals surface area contributed by atoms with Crippen LogP contribution in [-0.2, 0) is 4.79 Å². The van der Waals surface area contributed by atoms with E-state index in [-0.39, 0.29) is 17.5 Å². The van der Waals surface area contributed by atoms with Crippen molar-refractivity contribution < 1.29 is 19.0 Å². The minimum Gasteiger partial charge on any atom is -0.493 e. The zero-order valence-electron chi connectivity index (χ0n) is 13.6. The second-order valence-corrected chi connectivity index (χ2v) is 5.30. The Morgan fingerprint density at radius 2 is 1.92 bits per heavy atom. The molecule has 6 nitrogen and oxygen atoms in total. The van der Waals surface area contributed by atoms with Crippen molar-refractivity contribution in [3.63, 3.8) is 0 Å². The molecule has 130 valence electrons. The van der Waals surface area contributed by atoms with E-state index in [1.165, 1.54) is 6.07 Å². The average molecular weight is 361 g/mol. The van der Waals surface area contributed by atoms with Gasteiger partial charge in [0.2, 0.25) is 0 Å². The topological polar surface area (TPSA) is 80.6 Å². The van der Waals surface area contributed by atoms with Crippen molar-refractivity contribution in [3.05, 3.63) is 53.1 Å². The molecule has 1 amide bonds. The predicted octanol–water partition coefficient (Wildman–Crippen LogP) is 2.79. The minimum atomic E-state index is -0.302. The number of hydrogen-bond donors (Lipinski definition) is 1. The zero-order valence-corrected chi connectivity index (χ0v) is 14.4. The Bertz CT molecular complexity index is 774. The number of hydrogen-bond acceptors (Lipinski definition) is 5. The van der Waals surface area contributed by atoms with Gasteiger partial charge in [-0.2, -0.15) is 5.26 Å². The van der Waals surface area contributed by atoms with Gasteiger partial charge in [0.15, 0.2) is 18.1 Å². The van der Waals surface area contributed by atoms with Crippen LogP contribution in [0.25, 0.3) is 0 Å². The quantitative estimate of drug-likeness (QED) is 0.732. The third-order valence-corrected chi connectivity index (χ3v) is 3.47. The molecule has 0 unspecified atom stereocenters. The number of nitriles is 1. The Labute approximate surface area is 150 Å². The van der Waals surface area contributed by atoms with Crippen LogP contribution in [0, 0.1) is 11.3 Å². The van der Waals surface area contributed by atoms with Crippen molar-refractivity contribution in [1.29, 1.82) is 5.26 Å². The predicted molar refractivity (Wildman–Crippen MR) is 93.2 cm³/mol. The molecule has 0 aliphatic rings. The van der Waals surface area contributed by atoms with Crippen molar-refractivity contribution in [2.75, 3.05) is 26.9 Å². The summed E-state index contributed by atoms with van der Waals surface area (Å²) in [6.45, 7) is 0.436. The molecule has 0 radical (unpaired) electrons. The van der Waals surface area contributed by atoms with Gasteiger partial charge in [-0.05, 0) is 30.3 Å². The fourth-order valence-corrected chi connectivity index (χ4v) is 2.21. The summed E-state index contributed by atoms with van der Waals surface area (Å²) in [5, 5.41) is 11.7. The summed E-state index contributed by atoms with van der Waals surface area (Å²) < 4.78 is 16.1. The lowest BCUT2D eigenvalue weighted by Gasteiger charge is -2.11.